The van der Waals surface area contributed by atoms with Gasteiger partial charge in [0.2, 0.25) is 0 Å². The highest BCUT2D eigenvalue weighted by molar-refractivity contribution is 14.1. The summed E-state index contributed by atoms with van der Waals surface area (Å²) in [5, 5.41) is 0.667. The molecule has 3 heteroatoms. The molecule has 2 rings (SSSR count). The zero-order valence-corrected chi connectivity index (χ0v) is 14.6. The number of ether oxygens (including phenoxy) is 1. The summed E-state index contributed by atoms with van der Waals surface area (Å²) in [6.07, 6.45) is 1.14. The van der Waals surface area contributed by atoms with Gasteiger partial charge in [-0.25, -0.2) is 0 Å². The molecule has 0 aliphatic rings. The Morgan fingerprint density at radius 3 is 2.30 bits per heavy atom. The van der Waals surface area contributed by atoms with Crippen molar-refractivity contribution in [2.45, 2.75) is 17.4 Å². The minimum atomic E-state index is 0.667. The van der Waals surface area contributed by atoms with Gasteiger partial charge in [-0.05, 0) is 29.7 Å². The summed E-state index contributed by atoms with van der Waals surface area (Å²) in [5.74, 6) is 1.98. The van der Waals surface area contributed by atoms with Crippen LogP contribution in [-0.4, -0.2) is 16.8 Å². The maximum atomic E-state index is 5.19. The van der Waals surface area contributed by atoms with Gasteiger partial charge in [0.1, 0.15) is 5.75 Å². The lowest BCUT2D eigenvalue weighted by Crippen LogP contribution is -2.08. The van der Waals surface area contributed by atoms with Crippen LogP contribution in [0.15, 0.2) is 54.6 Å². The van der Waals surface area contributed by atoms with Gasteiger partial charge < -0.3 is 4.74 Å². The molecule has 0 aromatic heterocycles. The zero-order chi connectivity index (χ0) is 14.2. The van der Waals surface area contributed by atoms with Gasteiger partial charge in [-0.3, -0.25) is 0 Å². The van der Waals surface area contributed by atoms with Crippen LogP contribution in [0.2, 0.25) is 0 Å². The molecular weight excluding hydrogens is 379 g/mol. The predicted molar refractivity (Wildman–Crippen MR) is 97.1 cm³/mol. The third-order valence-corrected chi connectivity index (χ3v) is 6.09. The monoisotopic (exact) mass is 398 g/mol. The maximum absolute atomic E-state index is 5.19. The number of alkyl halides is 1. The lowest BCUT2D eigenvalue weighted by Gasteiger charge is -2.14. The molecule has 20 heavy (non-hydrogen) atoms. The van der Waals surface area contributed by atoms with Gasteiger partial charge in [0, 0.05) is 15.4 Å². The fraction of sp³-hybridized carbons (Fsp3) is 0.294. The molecule has 0 heterocycles. The van der Waals surface area contributed by atoms with Crippen LogP contribution in [-0.2, 0) is 12.2 Å². The van der Waals surface area contributed by atoms with Crippen LogP contribution in [0.3, 0.4) is 0 Å². The first-order valence-electron chi connectivity index (χ1n) is 6.66. The van der Waals surface area contributed by atoms with E-state index in [2.05, 4.69) is 65.1 Å². The second-order valence-corrected chi connectivity index (χ2v) is 6.79. The minimum absolute atomic E-state index is 0.667. The van der Waals surface area contributed by atoms with E-state index in [1.54, 1.807) is 7.11 Å². The predicted octanol–water partition coefficient (Wildman–Crippen LogP) is 4.97. The number of benzene rings is 2. The first kappa shape index (κ1) is 15.7. The fourth-order valence-electron chi connectivity index (χ4n) is 1.97. The lowest BCUT2D eigenvalue weighted by molar-refractivity contribution is 0.414. The Balaban J connectivity index is 1.86. The van der Waals surface area contributed by atoms with E-state index in [1.165, 1.54) is 15.6 Å². The van der Waals surface area contributed by atoms with Crippen LogP contribution < -0.4 is 4.74 Å². The molecule has 0 fully saturated rings. The largest absolute Gasteiger partial charge is 0.497 e. The Labute approximate surface area is 139 Å². The number of methoxy groups -OCH3 is 1. The van der Waals surface area contributed by atoms with Crippen molar-refractivity contribution in [1.29, 1.82) is 0 Å². The lowest BCUT2D eigenvalue weighted by atomic mass is 10.1. The molecule has 0 aliphatic heterocycles. The SMILES string of the molecule is COc1ccc(CS[C@H](CI)Cc2ccccc2)cc1. The molecule has 2 aromatic rings. The molecule has 106 valence electrons. The van der Waals surface area contributed by atoms with E-state index in [-0.39, 0.29) is 0 Å². The van der Waals surface area contributed by atoms with E-state index < -0.39 is 0 Å². The molecule has 0 bridgehead atoms. The van der Waals surface area contributed by atoms with Crippen molar-refractivity contribution < 1.29 is 4.74 Å². The second-order valence-electron chi connectivity index (χ2n) is 4.63. The Hall–Kier alpha value is -0.680. The Kier molecular flexibility index (Phi) is 6.73. The zero-order valence-electron chi connectivity index (χ0n) is 11.6. The van der Waals surface area contributed by atoms with Crippen molar-refractivity contribution in [3.63, 3.8) is 0 Å². The molecule has 0 unspecified atom stereocenters. The second kappa shape index (κ2) is 8.57. The van der Waals surface area contributed by atoms with Gasteiger partial charge in [-0.15, -0.1) is 0 Å². The molecule has 1 nitrogen and oxygen atoms in total. The molecule has 0 radical (unpaired) electrons. The summed E-state index contributed by atoms with van der Waals surface area (Å²) in [6, 6.07) is 19.1. The van der Waals surface area contributed by atoms with Crippen LogP contribution in [0.5, 0.6) is 5.75 Å². The fourth-order valence-corrected chi connectivity index (χ4v) is 4.07. The quantitative estimate of drug-likeness (QED) is 0.481. The first-order valence-corrected chi connectivity index (χ1v) is 9.23. The maximum Gasteiger partial charge on any atom is 0.118 e. The van der Waals surface area contributed by atoms with Gasteiger partial charge >= 0.3 is 0 Å². The normalized spacial score (nSPS) is 12.1. The van der Waals surface area contributed by atoms with Crippen LogP contribution in [0.4, 0.5) is 0 Å². The number of hydrogen-bond donors (Lipinski definition) is 0. The van der Waals surface area contributed by atoms with Crippen molar-refractivity contribution in [3.8, 4) is 5.75 Å². The topological polar surface area (TPSA) is 9.23 Å². The van der Waals surface area contributed by atoms with E-state index >= 15 is 0 Å². The Morgan fingerprint density at radius 2 is 1.70 bits per heavy atom. The summed E-state index contributed by atoms with van der Waals surface area (Å²) in [6.45, 7) is 0. The van der Waals surface area contributed by atoms with Crippen LogP contribution in [0.1, 0.15) is 11.1 Å². The van der Waals surface area contributed by atoms with Crippen molar-refractivity contribution >= 4 is 34.4 Å². The van der Waals surface area contributed by atoms with E-state index in [0.29, 0.717) is 5.25 Å². The van der Waals surface area contributed by atoms with Gasteiger partial charge in [0.25, 0.3) is 0 Å². The van der Waals surface area contributed by atoms with Gasteiger partial charge in [-0.1, -0.05) is 65.1 Å². The summed E-state index contributed by atoms with van der Waals surface area (Å²) in [7, 11) is 1.70. The minimum Gasteiger partial charge on any atom is -0.497 e. The van der Waals surface area contributed by atoms with Crippen LogP contribution >= 0.6 is 34.4 Å². The first-order chi connectivity index (χ1) is 9.81. The summed E-state index contributed by atoms with van der Waals surface area (Å²) in [5.41, 5.74) is 2.79. The summed E-state index contributed by atoms with van der Waals surface area (Å²) in [4.78, 5) is 0. The molecule has 0 N–H and O–H groups in total. The molecular formula is C17H19IOS. The van der Waals surface area contributed by atoms with Crippen molar-refractivity contribution in [1.82, 2.24) is 0 Å². The van der Waals surface area contributed by atoms with Crippen LogP contribution in [0, 0.1) is 0 Å². The van der Waals surface area contributed by atoms with E-state index in [4.69, 9.17) is 4.74 Å². The molecule has 0 saturated heterocycles. The van der Waals surface area contributed by atoms with Crippen molar-refractivity contribution in [2.75, 3.05) is 11.5 Å². The number of rotatable bonds is 7. The Morgan fingerprint density at radius 1 is 1.00 bits per heavy atom. The highest BCUT2D eigenvalue weighted by Crippen LogP contribution is 2.24. The molecule has 2 aromatic carbocycles. The highest BCUT2D eigenvalue weighted by atomic mass is 127. The molecule has 0 saturated carbocycles. The standard InChI is InChI=1S/C17H19IOS/c1-19-16-9-7-15(8-10-16)13-20-17(12-18)11-14-5-3-2-4-6-14/h2-10,17H,11-13H2,1H3/t17-/m0/s1. The summed E-state index contributed by atoms with van der Waals surface area (Å²) < 4.78 is 6.36. The third-order valence-electron chi connectivity index (χ3n) is 3.12. The van der Waals surface area contributed by atoms with Gasteiger partial charge in [0.05, 0.1) is 7.11 Å². The van der Waals surface area contributed by atoms with Crippen molar-refractivity contribution in [2.24, 2.45) is 0 Å². The number of thioether (sulfide) groups is 1. The molecule has 0 spiro atoms. The van der Waals surface area contributed by atoms with Gasteiger partial charge in [-0.2, -0.15) is 11.8 Å². The smallest absolute Gasteiger partial charge is 0.118 e. The molecule has 1 atom stereocenters. The molecule has 0 aliphatic carbocycles. The van der Waals surface area contributed by atoms with E-state index in [9.17, 15) is 0 Å². The highest BCUT2D eigenvalue weighted by Gasteiger charge is 2.09. The van der Waals surface area contributed by atoms with E-state index in [1.807, 2.05) is 23.9 Å². The number of halogens is 1. The Bertz CT molecular complexity index is 498. The van der Waals surface area contributed by atoms with Crippen molar-refractivity contribution in [3.05, 3.63) is 65.7 Å². The van der Waals surface area contributed by atoms with Crippen LogP contribution in [0.25, 0.3) is 0 Å². The third kappa shape index (κ3) is 5.02. The average molecular weight is 398 g/mol. The number of hydrogen-bond acceptors (Lipinski definition) is 2. The summed E-state index contributed by atoms with van der Waals surface area (Å²) >= 11 is 4.52. The average Bonchev–Trinajstić information content (AvgIpc) is 2.53. The van der Waals surface area contributed by atoms with Gasteiger partial charge in [0.15, 0.2) is 0 Å². The van der Waals surface area contributed by atoms with E-state index in [0.717, 1.165) is 17.9 Å². The molecule has 0 amide bonds.